The van der Waals surface area contributed by atoms with E-state index in [0.29, 0.717) is 11.3 Å². The topological polar surface area (TPSA) is 80.8 Å². The Balaban J connectivity index is 1.45. The summed E-state index contributed by atoms with van der Waals surface area (Å²) in [5, 5.41) is 1.61. The van der Waals surface area contributed by atoms with Gasteiger partial charge in [0.15, 0.2) is 0 Å². The van der Waals surface area contributed by atoms with Gasteiger partial charge in [-0.2, -0.15) is 0 Å². The molecule has 4 aromatic carbocycles. The molecule has 0 N–H and O–H groups in total. The van der Waals surface area contributed by atoms with Crippen LogP contribution in [-0.2, 0) is 14.3 Å². The number of nitrogens with zero attached hydrogens (tertiary/aromatic N) is 1. The number of imide groups is 1. The fourth-order valence-electron chi connectivity index (χ4n) is 6.31. The molecule has 3 aliphatic rings. The molecule has 0 saturated carbocycles. The zero-order valence-electron chi connectivity index (χ0n) is 19.9. The summed E-state index contributed by atoms with van der Waals surface area (Å²) in [5.74, 6) is -4.45. The molecule has 0 radical (unpaired) electrons. The Bertz CT molecular complexity index is 1650. The van der Waals surface area contributed by atoms with Crippen molar-refractivity contribution >= 4 is 39.8 Å². The Kier molecular flexibility index (Phi) is 4.45. The standard InChI is InChI=1S/C31H21NO5/c1-17-8-6-11-19(16-17)26-24-25(31(37-26)27(33)21-13-4-5-14-22(21)28(31)34)30(36)32(29(24)35)23-15-7-10-18-9-2-3-12-20(18)23/h2-16,24-26H,1H3. The molecule has 180 valence electrons. The second kappa shape index (κ2) is 7.54. The summed E-state index contributed by atoms with van der Waals surface area (Å²) in [7, 11) is 0. The van der Waals surface area contributed by atoms with Crippen LogP contribution in [0.4, 0.5) is 5.69 Å². The number of hydrogen-bond acceptors (Lipinski definition) is 5. The fraction of sp³-hybridized carbons (Fsp3) is 0.161. The molecule has 7 rings (SSSR count). The predicted molar refractivity (Wildman–Crippen MR) is 136 cm³/mol. The van der Waals surface area contributed by atoms with Crippen molar-refractivity contribution in [3.8, 4) is 0 Å². The van der Waals surface area contributed by atoms with E-state index in [9.17, 15) is 19.2 Å². The third-order valence-corrected chi connectivity index (χ3v) is 7.90. The number of ether oxygens (including phenoxy) is 1. The van der Waals surface area contributed by atoms with E-state index < -0.39 is 46.9 Å². The molecule has 2 saturated heterocycles. The smallest absolute Gasteiger partial charge is 0.241 e. The van der Waals surface area contributed by atoms with E-state index >= 15 is 0 Å². The van der Waals surface area contributed by atoms with Crippen molar-refractivity contribution in [2.45, 2.75) is 18.6 Å². The lowest BCUT2D eigenvalue weighted by atomic mass is 9.77. The first kappa shape index (κ1) is 21.8. The van der Waals surface area contributed by atoms with Gasteiger partial charge in [0.1, 0.15) is 0 Å². The molecule has 3 unspecified atom stereocenters. The van der Waals surface area contributed by atoms with Gasteiger partial charge in [-0.3, -0.25) is 19.2 Å². The quantitative estimate of drug-likeness (QED) is 0.299. The van der Waals surface area contributed by atoms with E-state index in [1.54, 1.807) is 36.4 Å². The van der Waals surface area contributed by atoms with Gasteiger partial charge in [0.25, 0.3) is 0 Å². The predicted octanol–water partition coefficient (Wildman–Crippen LogP) is 4.84. The van der Waals surface area contributed by atoms with Gasteiger partial charge >= 0.3 is 0 Å². The van der Waals surface area contributed by atoms with E-state index in [4.69, 9.17) is 4.74 Å². The summed E-state index contributed by atoms with van der Waals surface area (Å²) in [5.41, 5.74) is 0.406. The summed E-state index contributed by atoms with van der Waals surface area (Å²) in [4.78, 5) is 57.3. The van der Waals surface area contributed by atoms with Crippen LogP contribution < -0.4 is 4.90 Å². The number of carbonyl (C=O) groups excluding carboxylic acids is 4. The van der Waals surface area contributed by atoms with Gasteiger partial charge in [0, 0.05) is 16.5 Å². The Morgan fingerprint density at radius 3 is 2.11 bits per heavy atom. The molecule has 0 bridgehead atoms. The summed E-state index contributed by atoms with van der Waals surface area (Å²) in [6.07, 6.45) is -0.927. The Hall–Kier alpha value is -4.42. The van der Waals surface area contributed by atoms with Gasteiger partial charge < -0.3 is 4.74 Å². The minimum Gasteiger partial charge on any atom is -0.349 e. The zero-order valence-corrected chi connectivity index (χ0v) is 19.9. The maximum absolute atomic E-state index is 14.2. The normalized spacial score (nSPS) is 23.8. The number of hydrogen-bond donors (Lipinski definition) is 0. The first-order chi connectivity index (χ1) is 17.9. The summed E-state index contributed by atoms with van der Waals surface area (Å²) in [6.45, 7) is 1.91. The van der Waals surface area contributed by atoms with Gasteiger partial charge in [-0.25, -0.2) is 4.90 Å². The molecule has 2 aliphatic heterocycles. The lowest BCUT2D eigenvalue weighted by Crippen LogP contribution is -2.51. The number of amides is 2. The Morgan fingerprint density at radius 1 is 0.730 bits per heavy atom. The van der Waals surface area contributed by atoms with Crippen molar-refractivity contribution in [2.75, 3.05) is 4.90 Å². The summed E-state index contributed by atoms with van der Waals surface area (Å²) < 4.78 is 6.37. The summed E-state index contributed by atoms with van der Waals surface area (Å²) >= 11 is 0. The number of benzene rings is 4. The Labute approximate surface area is 212 Å². The number of Topliss-reactive ketones (excluding diaryl/α,β-unsaturated/α-hetero) is 2. The molecule has 1 spiro atoms. The molecule has 2 fully saturated rings. The van der Waals surface area contributed by atoms with Crippen LogP contribution in [0.3, 0.4) is 0 Å². The highest BCUT2D eigenvalue weighted by Gasteiger charge is 2.74. The van der Waals surface area contributed by atoms with Crippen LogP contribution in [0.25, 0.3) is 10.8 Å². The molecular formula is C31H21NO5. The van der Waals surface area contributed by atoms with Gasteiger partial charge in [0.05, 0.1) is 23.6 Å². The highest BCUT2D eigenvalue weighted by atomic mass is 16.5. The van der Waals surface area contributed by atoms with E-state index in [1.807, 2.05) is 61.5 Å². The highest BCUT2D eigenvalue weighted by molar-refractivity contribution is 6.37. The second-order valence-corrected chi connectivity index (χ2v) is 9.91. The van der Waals surface area contributed by atoms with Crippen molar-refractivity contribution < 1.29 is 23.9 Å². The molecule has 6 heteroatoms. The maximum Gasteiger partial charge on any atom is 0.241 e. The SMILES string of the molecule is Cc1cccc(C2OC3(C(=O)c4ccccc4C3=O)C3C(=O)N(c4cccc5ccccc45)C(=O)C23)c1. The molecule has 3 atom stereocenters. The van der Waals surface area contributed by atoms with Crippen LogP contribution in [0.5, 0.6) is 0 Å². The Morgan fingerprint density at radius 2 is 1.38 bits per heavy atom. The molecule has 0 aromatic heterocycles. The molecule has 2 heterocycles. The molecule has 1 aliphatic carbocycles. The number of rotatable bonds is 2. The minimum atomic E-state index is -2.07. The van der Waals surface area contributed by atoms with Crippen molar-refractivity contribution in [3.63, 3.8) is 0 Å². The average Bonchev–Trinajstić information content (AvgIpc) is 3.48. The van der Waals surface area contributed by atoms with Gasteiger partial charge in [-0.1, -0.05) is 90.5 Å². The lowest BCUT2D eigenvalue weighted by Gasteiger charge is -2.27. The van der Waals surface area contributed by atoms with E-state index in [-0.39, 0.29) is 11.1 Å². The van der Waals surface area contributed by atoms with Crippen LogP contribution in [-0.4, -0.2) is 29.0 Å². The largest absolute Gasteiger partial charge is 0.349 e. The molecule has 2 amide bonds. The van der Waals surface area contributed by atoms with Crippen LogP contribution in [0.15, 0.2) is 91.0 Å². The number of aryl methyl sites for hydroxylation is 1. The van der Waals surface area contributed by atoms with Gasteiger partial charge in [-0.05, 0) is 23.9 Å². The first-order valence-electron chi connectivity index (χ1n) is 12.2. The molecular weight excluding hydrogens is 466 g/mol. The van der Waals surface area contributed by atoms with Crippen LogP contribution in [0.1, 0.15) is 37.9 Å². The third kappa shape index (κ3) is 2.73. The van der Waals surface area contributed by atoms with Gasteiger partial charge in [0.2, 0.25) is 29.0 Å². The number of carbonyl (C=O) groups is 4. The minimum absolute atomic E-state index is 0.222. The van der Waals surface area contributed by atoms with Crippen molar-refractivity contribution in [1.29, 1.82) is 0 Å². The van der Waals surface area contributed by atoms with Crippen LogP contribution in [0.2, 0.25) is 0 Å². The zero-order chi connectivity index (χ0) is 25.5. The first-order valence-corrected chi connectivity index (χ1v) is 12.2. The lowest BCUT2D eigenvalue weighted by molar-refractivity contribution is -0.127. The van der Waals surface area contributed by atoms with Crippen molar-refractivity contribution in [2.24, 2.45) is 11.8 Å². The molecule has 37 heavy (non-hydrogen) atoms. The molecule has 6 nitrogen and oxygen atoms in total. The monoisotopic (exact) mass is 487 g/mol. The average molecular weight is 488 g/mol. The maximum atomic E-state index is 14.2. The number of ketones is 2. The van der Waals surface area contributed by atoms with Crippen molar-refractivity contribution in [3.05, 3.63) is 113 Å². The fourth-order valence-corrected chi connectivity index (χ4v) is 6.31. The van der Waals surface area contributed by atoms with E-state index in [2.05, 4.69) is 0 Å². The van der Waals surface area contributed by atoms with E-state index in [1.165, 1.54) is 0 Å². The third-order valence-electron chi connectivity index (χ3n) is 7.90. The number of fused-ring (bicyclic) bond motifs is 4. The molecule has 4 aromatic rings. The van der Waals surface area contributed by atoms with Crippen molar-refractivity contribution in [1.82, 2.24) is 0 Å². The van der Waals surface area contributed by atoms with E-state index in [0.717, 1.165) is 21.2 Å². The van der Waals surface area contributed by atoms with Crippen LogP contribution in [0, 0.1) is 18.8 Å². The summed E-state index contributed by atoms with van der Waals surface area (Å²) in [6, 6.07) is 26.9. The highest BCUT2D eigenvalue weighted by Crippen LogP contribution is 2.58. The second-order valence-electron chi connectivity index (χ2n) is 9.91. The number of anilines is 1. The van der Waals surface area contributed by atoms with Crippen LogP contribution >= 0.6 is 0 Å². The van der Waals surface area contributed by atoms with Gasteiger partial charge in [-0.15, -0.1) is 0 Å².